The molecule has 0 aliphatic heterocycles. The van der Waals surface area contributed by atoms with Gasteiger partial charge < -0.3 is 15.3 Å². The summed E-state index contributed by atoms with van der Waals surface area (Å²) in [6, 6.07) is 8.30. The topological polar surface area (TPSA) is 93.4 Å². The number of carboxylic acid groups (broad SMARTS) is 1. The minimum absolute atomic E-state index is 0.00352. The molecule has 6 heteroatoms. The normalized spacial score (nSPS) is 15.4. The highest BCUT2D eigenvalue weighted by molar-refractivity contribution is 5.97. The molecule has 2 N–H and O–H groups in total. The molecule has 0 atom stereocenters. The van der Waals surface area contributed by atoms with Crippen LogP contribution < -0.4 is 5.32 Å². The Balaban J connectivity index is 2.08. The maximum Gasteiger partial charge on any atom is 0.335 e. The van der Waals surface area contributed by atoms with Crippen LogP contribution in [-0.2, 0) is 4.79 Å². The van der Waals surface area contributed by atoms with Gasteiger partial charge in [-0.05, 0) is 31.0 Å². The number of nitrogens with one attached hydrogen (secondary N) is 1. The number of hydrogen-bond acceptors (Lipinski definition) is 4. The third-order valence-corrected chi connectivity index (χ3v) is 4.29. The Labute approximate surface area is 141 Å². The quantitative estimate of drug-likeness (QED) is 0.640. The fourth-order valence-corrected chi connectivity index (χ4v) is 2.86. The van der Waals surface area contributed by atoms with Crippen LogP contribution in [0.5, 0.6) is 0 Å². The predicted molar refractivity (Wildman–Crippen MR) is 90.4 cm³/mol. The van der Waals surface area contributed by atoms with Crippen molar-refractivity contribution in [3.8, 4) is 6.07 Å². The standard InChI is InChI=1S/C18H21N3O3/c1-21(16-8-3-2-4-9-16)17(22)14(11-19)12-20-15-7-5-6-13(10-15)18(23)24/h5-7,10,12,16,20H,2-4,8-9H2,1H3,(H,23,24)/b14-12-. The number of nitrogens with zero attached hydrogens (tertiary/aromatic N) is 2. The summed E-state index contributed by atoms with van der Waals surface area (Å²) in [4.78, 5) is 25.1. The first-order valence-corrected chi connectivity index (χ1v) is 8.00. The molecule has 126 valence electrons. The minimum Gasteiger partial charge on any atom is -0.478 e. The molecule has 24 heavy (non-hydrogen) atoms. The Hall–Kier alpha value is -2.81. The number of amides is 1. The third-order valence-electron chi connectivity index (χ3n) is 4.29. The van der Waals surface area contributed by atoms with E-state index < -0.39 is 5.97 Å². The number of nitriles is 1. The van der Waals surface area contributed by atoms with E-state index in [1.54, 1.807) is 24.1 Å². The zero-order valence-electron chi connectivity index (χ0n) is 13.7. The lowest BCUT2D eigenvalue weighted by atomic mass is 9.94. The highest BCUT2D eigenvalue weighted by Crippen LogP contribution is 2.22. The highest BCUT2D eigenvalue weighted by Gasteiger charge is 2.24. The third kappa shape index (κ3) is 4.35. The molecule has 2 rings (SSSR count). The van der Waals surface area contributed by atoms with E-state index in [1.807, 2.05) is 6.07 Å². The van der Waals surface area contributed by atoms with Crippen molar-refractivity contribution < 1.29 is 14.7 Å². The fraction of sp³-hybridized carbons (Fsp3) is 0.389. The Morgan fingerprint density at radius 3 is 2.67 bits per heavy atom. The van der Waals surface area contributed by atoms with Crippen molar-refractivity contribution in [2.24, 2.45) is 0 Å². The van der Waals surface area contributed by atoms with Crippen LogP contribution in [0.4, 0.5) is 5.69 Å². The van der Waals surface area contributed by atoms with Gasteiger partial charge in [0.1, 0.15) is 11.6 Å². The largest absolute Gasteiger partial charge is 0.478 e. The Kier molecular flexibility index (Phi) is 5.96. The van der Waals surface area contributed by atoms with E-state index in [0.29, 0.717) is 5.69 Å². The van der Waals surface area contributed by atoms with Gasteiger partial charge in [0.15, 0.2) is 0 Å². The molecule has 1 aromatic carbocycles. The van der Waals surface area contributed by atoms with Gasteiger partial charge in [-0.15, -0.1) is 0 Å². The van der Waals surface area contributed by atoms with Crippen molar-refractivity contribution in [1.82, 2.24) is 4.90 Å². The molecule has 0 aromatic heterocycles. The number of carbonyl (C=O) groups excluding carboxylic acids is 1. The Morgan fingerprint density at radius 1 is 1.33 bits per heavy atom. The Bertz CT molecular complexity index is 685. The summed E-state index contributed by atoms with van der Waals surface area (Å²) in [5.74, 6) is -1.34. The van der Waals surface area contributed by atoms with Crippen LogP contribution in [0.15, 0.2) is 36.0 Å². The Morgan fingerprint density at radius 2 is 2.04 bits per heavy atom. The summed E-state index contributed by atoms with van der Waals surface area (Å²) >= 11 is 0. The molecule has 0 bridgehead atoms. The van der Waals surface area contributed by atoms with Crippen LogP contribution in [-0.4, -0.2) is 35.0 Å². The van der Waals surface area contributed by atoms with Gasteiger partial charge in [-0.3, -0.25) is 4.79 Å². The molecule has 1 saturated carbocycles. The van der Waals surface area contributed by atoms with E-state index in [0.717, 1.165) is 25.7 Å². The van der Waals surface area contributed by atoms with Crippen LogP contribution in [0, 0.1) is 11.3 Å². The molecule has 0 saturated heterocycles. The van der Waals surface area contributed by atoms with E-state index in [-0.39, 0.29) is 23.1 Å². The minimum atomic E-state index is -1.03. The van der Waals surface area contributed by atoms with Gasteiger partial charge in [-0.2, -0.15) is 5.26 Å². The molecule has 0 heterocycles. The van der Waals surface area contributed by atoms with Gasteiger partial charge in [0.2, 0.25) is 0 Å². The number of carbonyl (C=O) groups is 2. The zero-order chi connectivity index (χ0) is 17.5. The summed E-state index contributed by atoms with van der Waals surface area (Å²) in [5.41, 5.74) is 0.650. The lowest BCUT2D eigenvalue weighted by Gasteiger charge is -2.31. The number of likely N-dealkylation sites (N-methyl/N-ethyl adjacent to an activating group) is 1. The van der Waals surface area contributed by atoms with Crippen LogP contribution in [0.1, 0.15) is 42.5 Å². The monoisotopic (exact) mass is 327 g/mol. The molecular formula is C18H21N3O3. The molecule has 6 nitrogen and oxygen atoms in total. The van der Waals surface area contributed by atoms with Gasteiger partial charge >= 0.3 is 5.97 Å². The van der Waals surface area contributed by atoms with Gasteiger partial charge in [0, 0.05) is 25.0 Å². The first kappa shape index (κ1) is 17.5. The van der Waals surface area contributed by atoms with Crippen LogP contribution in [0.2, 0.25) is 0 Å². The maximum absolute atomic E-state index is 12.5. The average molecular weight is 327 g/mol. The number of benzene rings is 1. The first-order valence-electron chi connectivity index (χ1n) is 8.00. The second-order valence-corrected chi connectivity index (χ2v) is 5.91. The van der Waals surface area contributed by atoms with Crippen molar-refractivity contribution in [3.05, 3.63) is 41.6 Å². The van der Waals surface area contributed by atoms with Crippen LogP contribution in [0.25, 0.3) is 0 Å². The number of anilines is 1. The van der Waals surface area contributed by atoms with E-state index in [4.69, 9.17) is 5.11 Å². The van der Waals surface area contributed by atoms with Gasteiger partial charge in [-0.25, -0.2) is 4.79 Å². The molecule has 0 spiro atoms. The molecular weight excluding hydrogens is 306 g/mol. The summed E-state index contributed by atoms with van der Waals surface area (Å²) < 4.78 is 0. The van der Waals surface area contributed by atoms with Crippen LogP contribution in [0.3, 0.4) is 0 Å². The lowest BCUT2D eigenvalue weighted by molar-refractivity contribution is -0.128. The van der Waals surface area contributed by atoms with Crippen molar-refractivity contribution >= 4 is 17.6 Å². The smallest absolute Gasteiger partial charge is 0.335 e. The molecule has 0 unspecified atom stereocenters. The second kappa shape index (κ2) is 8.16. The van der Waals surface area contributed by atoms with Crippen molar-refractivity contribution in [1.29, 1.82) is 5.26 Å². The number of rotatable bonds is 5. The molecule has 1 aliphatic carbocycles. The summed E-state index contributed by atoms with van der Waals surface area (Å²) in [6.07, 6.45) is 6.68. The number of aromatic carboxylic acids is 1. The second-order valence-electron chi connectivity index (χ2n) is 5.91. The lowest BCUT2D eigenvalue weighted by Crippen LogP contribution is -2.39. The average Bonchev–Trinajstić information content (AvgIpc) is 2.62. The van der Waals surface area contributed by atoms with Crippen LogP contribution >= 0.6 is 0 Å². The molecule has 1 amide bonds. The maximum atomic E-state index is 12.5. The summed E-state index contributed by atoms with van der Waals surface area (Å²) in [6.45, 7) is 0. The SMILES string of the molecule is CN(C(=O)/C(C#N)=C\Nc1cccc(C(=O)O)c1)C1CCCCC1. The fourth-order valence-electron chi connectivity index (χ4n) is 2.86. The van der Waals surface area contributed by atoms with Crippen molar-refractivity contribution in [3.63, 3.8) is 0 Å². The van der Waals surface area contributed by atoms with E-state index in [9.17, 15) is 14.9 Å². The molecule has 1 aliphatic rings. The number of carboxylic acids is 1. The van der Waals surface area contributed by atoms with Crippen molar-refractivity contribution in [2.75, 3.05) is 12.4 Å². The highest BCUT2D eigenvalue weighted by atomic mass is 16.4. The summed E-state index contributed by atoms with van der Waals surface area (Å²) in [5, 5.41) is 21.1. The van der Waals surface area contributed by atoms with E-state index in [2.05, 4.69) is 5.32 Å². The molecule has 1 aromatic rings. The van der Waals surface area contributed by atoms with E-state index in [1.165, 1.54) is 24.8 Å². The van der Waals surface area contributed by atoms with Gasteiger partial charge in [0.05, 0.1) is 5.56 Å². The van der Waals surface area contributed by atoms with E-state index >= 15 is 0 Å². The van der Waals surface area contributed by atoms with Crippen molar-refractivity contribution in [2.45, 2.75) is 38.1 Å². The molecule has 0 radical (unpaired) electrons. The predicted octanol–water partition coefficient (Wildman–Crippen LogP) is 3.00. The first-order chi connectivity index (χ1) is 11.5. The number of hydrogen-bond donors (Lipinski definition) is 2. The molecule has 1 fully saturated rings. The zero-order valence-corrected chi connectivity index (χ0v) is 13.7. The van der Waals surface area contributed by atoms with Gasteiger partial charge in [-0.1, -0.05) is 25.3 Å². The summed E-state index contributed by atoms with van der Waals surface area (Å²) in [7, 11) is 1.73. The van der Waals surface area contributed by atoms with Gasteiger partial charge in [0.25, 0.3) is 5.91 Å².